The lowest BCUT2D eigenvalue weighted by molar-refractivity contribution is -0.385. The summed E-state index contributed by atoms with van der Waals surface area (Å²) in [5.74, 6) is 0.886. The van der Waals surface area contributed by atoms with Crippen molar-refractivity contribution in [1.29, 1.82) is 0 Å². The van der Waals surface area contributed by atoms with Crippen molar-refractivity contribution in [3.05, 3.63) is 57.1 Å². The number of hydrogen-bond acceptors (Lipinski definition) is 3. The molecule has 0 amide bonds. The molecule has 0 aliphatic heterocycles. The van der Waals surface area contributed by atoms with Crippen LogP contribution in [0.15, 0.2) is 30.6 Å². The third kappa shape index (κ3) is 2.47. The van der Waals surface area contributed by atoms with Gasteiger partial charge in [0.2, 0.25) is 0 Å². The average molecular weight is 286 g/mol. The molecule has 0 fully saturated rings. The molecule has 0 atom stereocenters. The molecule has 18 heavy (non-hydrogen) atoms. The first-order chi connectivity index (χ1) is 8.63. The molecular weight excluding hydrogens is 277 g/mol. The monoisotopic (exact) mass is 285 g/mol. The van der Waals surface area contributed by atoms with Crippen LogP contribution in [0.5, 0.6) is 0 Å². The lowest BCUT2D eigenvalue weighted by Crippen LogP contribution is -2.06. The van der Waals surface area contributed by atoms with Gasteiger partial charge in [0.05, 0.1) is 27.9 Å². The first-order valence-corrected chi connectivity index (χ1v) is 6.02. The predicted molar refractivity (Wildman–Crippen MR) is 69.0 cm³/mol. The van der Waals surface area contributed by atoms with E-state index in [0.29, 0.717) is 16.4 Å². The molecule has 94 valence electrons. The molecule has 1 aromatic carbocycles. The molecule has 5 nitrogen and oxygen atoms in total. The molecule has 0 saturated heterocycles. The maximum absolute atomic E-state index is 11.0. The molecule has 0 N–H and O–H groups in total. The highest BCUT2D eigenvalue weighted by Gasteiger charge is 2.17. The van der Waals surface area contributed by atoms with Gasteiger partial charge in [-0.15, -0.1) is 11.6 Å². The Morgan fingerprint density at radius 1 is 1.44 bits per heavy atom. The van der Waals surface area contributed by atoms with Crippen LogP contribution in [0, 0.1) is 10.1 Å². The van der Waals surface area contributed by atoms with Crippen LogP contribution in [0.3, 0.4) is 0 Å². The Labute approximate surface area is 113 Å². The summed E-state index contributed by atoms with van der Waals surface area (Å²) in [6, 6.07) is 4.61. The van der Waals surface area contributed by atoms with Crippen molar-refractivity contribution in [2.24, 2.45) is 0 Å². The Hall–Kier alpha value is -1.59. The average Bonchev–Trinajstić information content (AvgIpc) is 2.78. The zero-order chi connectivity index (χ0) is 13.1. The molecule has 7 heteroatoms. The van der Waals surface area contributed by atoms with Crippen molar-refractivity contribution in [1.82, 2.24) is 9.55 Å². The standard InChI is InChI=1S/C11H9Cl2N3O2/c12-6-11-14-4-5-15(11)7-8-9(13)2-1-3-10(8)16(17)18/h1-5H,6-7H2. The fourth-order valence-corrected chi connectivity index (χ4v) is 2.11. The van der Waals surface area contributed by atoms with Crippen LogP contribution in [-0.2, 0) is 12.4 Å². The van der Waals surface area contributed by atoms with Crippen LogP contribution in [0.2, 0.25) is 5.02 Å². The number of aromatic nitrogens is 2. The van der Waals surface area contributed by atoms with Gasteiger partial charge in [-0.2, -0.15) is 0 Å². The van der Waals surface area contributed by atoms with Gasteiger partial charge in [-0.3, -0.25) is 10.1 Å². The van der Waals surface area contributed by atoms with Crippen molar-refractivity contribution in [3.63, 3.8) is 0 Å². The van der Waals surface area contributed by atoms with Gasteiger partial charge in [0.15, 0.2) is 0 Å². The molecule has 0 spiro atoms. The number of benzene rings is 1. The van der Waals surface area contributed by atoms with Crippen molar-refractivity contribution in [3.8, 4) is 0 Å². The Balaban J connectivity index is 2.42. The first-order valence-electron chi connectivity index (χ1n) is 5.11. The van der Waals surface area contributed by atoms with Crippen LogP contribution in [0.1, 0.15) is 11.4 Å². The molecule has 1 heterocycles. The number of halogens is 2. The fourth-order valence-electron chi connectivity index (χ4n) is 1.66. The zero-order valence-corrected chi connectivity index (χ0v) is 10.7. The van der Waals surface area contributed by atoms with E-state index in [2.05, 4.69) is 4.98 Å². The van der Waals surface area contributed by atoms with E-state index in [-0.39, 0.29) is 18.1 Å². The SMILES string of the molecule is O=[N+]([O-])c1cccc(Cl)c1Cn1ccnc1CCl. The summed E-state index contributed by atoms with van der Waals surface area (Å²) in [6.45, 7) is 0.276. The van der Waals surface area contributed by atoms with Gasteiger partial charge in [-0.25, -0.2) is 4.98 Å². The normalized spacial score (nSPS) is 10.6. The quantitative estimate of drug-likeness (QED) is 0.492. The second kappa shape index (κ2) is 5.37. The van der Waals surface area contributed by atoms with Crippen LogP contribution in [0.4, 0.5) is 5.69 Å². The molecule has 2 rings (SSSR count). The maximum atomic E-state index is 11.0. The van der Waals surface area contributed by atoms with Gasteiger partial charge in [-0.05, 0) is 6.07 Å². The summed E-state index contributed by atoms with van der Waals surface area (Å²) < 4.78 is 1.74. The third-order valence-corrected chi connectivity index (χ3v) is 3.13. The van der Waals surface area contributed by atoms with E-state index in [1.54, 1.807) is 29.1 Å². The van der Waals surface area contributed by atoms with Crippen molar-refractivity contribution < 1.29 is 4.92 Å². The van der Waals surface area contributed by atoms with E-state index in [9.17, 15) is 10.1 Å². The molecule has 0 radical (unpaired) electrons. The Morgan fingerprint density at radius 3 is 2.89 bits per heavy atom. The summed E-state index contributed by atoms with van der Waals surface area (Å²) in [6.07, 6.45) is 3.31. The molecule has 0 saturated carbocycles. The zero-order valence-electron chi connectivity index (χ0n) is 9.22. The highest BCUT2D eigenvalue weighted by Crippen LogP contribution is 2.27. The van der Waals surface area contributed by atoms with E-state index in [1.165, 1.54) is 6.07 Å². The largest absolute Gasteiger partial charge is 0.329 e. The number of hydrogen-bond donors (Lipinski definition) is 0. The lowest BCUT2D eigenvalue weighted by atomic mass is 10.2. The topological polar surface area (TPSA) is 61.0 Å². The van der Waals surface area contributed by atoms with Crippen LogP contribution in [0.25, 0.3) is 0 Å². The maximum Gasteiger partial charge on any atom is 0.275 e. The van der Waals surface area contributed by atoms with Gasteiger partial charge >= 0.3 is 0 Å². The van der Waals surface area contributed by atoms with Gasteiger partial charge in [0.25, 0.3) is 5.69 Å². The predicted octanol–water partition coefficient (Wildman–Crippen LogP) is 3.23. The molecule has 0 aliphatic carbocycles. The van der Waals surface area contributed by atoms with Gasteiger partial charge < -0.3 is 4.57 Å². The summed E-state index contributed by atoms with van der Waals surface area (Å²) >= 11 is 11.7. The smallest absolute Gasteiger partial charge is 0.275 e. The van der Waals surface area contributed by atoms with Crippen molar-refractivity contribution >= 4 is 28.9 Å². The summed E-state index contributed by atoms with van der Waals surface area (Å²) in [7, 11) is 0. The summed E-state index contributed by atoms with van der Waals surface area (Å²) in [4.78, 5) is 14.6. The fraction of sp³-hybridized carbons (Fsp3) is 0.182. The minimum Gasteiger partial charge on any atom is -0.329 e. The van der Waals surface area contributed by atoms with E-state index < -0.39 is 4.92 Å². The van der Waals surface area contributed by atoms with Crippen LogP contribution in [-0.4, -0.2) is 14.5 Å². The van der Waals surface area contributed by atoms with E-state index in [4.69, 9.17) is 23.2 Å². The van der Waals surface area contributed by atoms with E-state index in [0.717, 1.165) is 0 Å². The summed E-state index contributed by atoms with van der Waals surface area (Å²) in [5.41, 5.74) is 0.449. The molecule has 2 aromatic rings. The summed E-state index contributed by atoms with van der Waals surface area (Å²) in [5, 5.41) is 11.3. The number of nitro benzene ring substituents is 1. The van der Waals surface area contributed by atoms with E-state index >= 15 is 0 Å². The number of rotatable bonds is 4. The Kier molecular flexibility index (Phi) is 3.84. The lowest BCUT2D eigenvalue weighted by Gasteiger charge is -2.08. The molecular formula is C11H9Cl2N3O2. The van der Waals surface area contributed by atoms with Crippen LogP contribution < -0.4 is 0 Å². The molecule has 0 unspecified atom stereocenters. The van der Waals surface area contributed by atoms with Gasteiger partial charge in [0.1, 0.15) is 5.82 Å². The van der Waals surface area contributed by atoms with Crippen molar-refractivity contribution in [2.45, 2.75) is 12.4 Å². The molecule has 0 aliphatic rings. The molecule has 0 bridgehead atoms. The minimum absolute atomic E-state index is 0.00303. The van der Waals surface area contributed by atoms with Gasteiger partial charge in [-0.1, -0.05) is 17.7 Å². The highest BCUT2D eigenvalue weighted by molar-refractivity contribution is 6.31. The number of nitro groups is 1. The molecule has 1 aromatic heterocycles. The second-order valence-corrected chi connectivity index (χ2v) is 4.27. The van der Waals surface area contributed by atoms with Crippen LogP contribution >= 0.6 is 23.2 Å². The Morgan fingerprint density at radius 2 is 2.22 bits per heavy atom. The Bertz CT molecular complexity index is 583. The van der Waals surface area contributed by atoms with E-state index in [1.807, 2.05) is 0 Å². The van der Waals surface area contributed by atoms with Gasteiger partial charge in [0, 0.05) is 18.5 Å². The second-order valence-electron chi connectivity index (χ2n) is 3.60. The third-order valence-electron chi connectivity index (χ3n) is 2.54. The first kappa shape index (κ1) is 12.9. The minimum atomic E-state index is -0.446. The number of nitrogens with zero attached hydrogens (tertiary/aromatic N) is 3. The van der Waals surface area contributed by atoms with Crippen molar-refractivity contribution in [2.75, 3.05) is 0 Å². The number of imidazole rings is 1. The number of alkyl halides is 1. The highest BCUT2D eigenvalue weighted by atomic mass is 35.5.